The van der Waals surface area contributed by atoms with Crippen LogP contribution in [0.1, 0.15) is 78.8 Å². The monoisotopic (exact) mass is 1260 g/mol. The van der Waals surface area contributed by atoms with Gasteiger partial charge in [0, 0.05) is 59.3 Å². The van der Waals surface area contributed by atoms with Gasteiger partial charge in [-0.15, -0.1) is 0 Å². The summed E-state index contributed by atoms with van der Waals surface area (Å²) in [6, 6.07) is 8.16. The minimum Gasteiger partial charge on any atom is -0.493 e. The van der Waals surface area contributed by atoms with Crippen molar-refractivity contribution in [3.8, 4) is 0 Å². The number of carbonyl (C=O) groups excluding carboxylic acids is 6. The van der Waals surface area contributed by atoms with Gasteiger partial charge in [0.15, 0.2) is 0 Å². The lowest BCUT2D eigenvalue weighted by molar-refractivity contribution is 0.0637. The number of carbonyl (C=O) groups is 6. The van der Waals surface area contributed by atoms with Crippen LogP contribution in [0.15, 0.2) is 87.8 Å². The highest BCUT2D eigenvalue weighted by molar-refractivity contribution is 7.49. The predicted octanol–water partition coefficient (Wildman–Crippen LogP) is 6.02. The molecular weight excluding hydrogens is 1220 g/mol. The summed E-state index contributed by atoms with van der Waals surface area (Å²) in [7, 11) is -26.8. The molecule has 0 aliphatic heterocycles. The number of rotatable bonds is 24. The summed E-state index contributed by atoms with van der Waals surface area (Å²) in [4.78, 5) is 148. The van der Waals surface area contributed by atoms with E-state index in [0.717, 1.165) is 18.2 Å². The first kappa shape index (κ1) is 66.5. The minimum atomic E-state index is -5.14. The molecule has 0 bridgehead atoms. The largest absolute Gasteiger partial charge is 0.529 e. The van der Waals surface area contributed by atoms with Gasteiger partial charge < -0.3 is 42.5 Å². The second kappa shape index (κ2) is 26.7. The van der Waals surface area contributed by atoms with Crippen LogP contribution in [0.2, 0.25) is 0 Å². The van der Waals surface area contributed by atoms with E-state index in [4.69, 9.17) is 0 Å². The zero-order valence-electron chi connectivity index (χ0n) is 41.3. The predicted molar refractivity (Wildman–Crippen MR) is 266 cm³/mol. The molecule has 81 heavy (non-hydrogen) atoms. The maximum absolute atomic E-state index is 13.0. The molecule has 0 spiro atoms. The fourth-order valence-electron chi connectivity index (χ4n) is 5.48. The second-order valence-electron chi connectivity index (χ2n) is 14.6. The molecule has 6 unspecified atom stereocenters. The number of aliphatic hydroxyl groups is 3. The molecule has 0 aliphatic rings. The lowest BCUT2D eigenvalue weighted by Gasteiger charge is -2.13. The Bertz CT molecular complexity index is 3050. The van der Waals surface area contributed by atoms with E-state index in [2.05, 4.69) is 69.3 Å². The van der Waals surface area contributed by atoms with Crippen molar-refractivity contribution >= 4 is 118 Å². The highest BCUT2D eigenvalue weighted by atomic mass is 31.2. The van der Waals surface area contributed by atoms with Gasteiger partial charge in [0.05, 0.1) is 50.4 Å². The summed E-state index contributed by atoms with van der Waals surface area (Å²) in [6.07, 6.45) is 0. The van der Waals surface area contributed by atoms with Gasteiger partial charge in [-0.25, -0.2) is 71.1 Å². The smallest absolute Gasteiger partial charge is 0.493 e. The van der Waals surface area contributed by atoms with Crippen LogP contribution >= 0.6 is 46.9 Å². The van der Waals surface area contributed by atoms with E-state index in [9.17, 15) is 101 Å². The summed E-state index contributed by atoms with van der Waals surface area (Å²) >= 11 is 0. The summed E-state index contributed by atoms with van der Waals surface area (Å²) in [5.74, 6) is -14.2. The Morgan fingerprint density at radius 3 is 0.556 bits per heavy atom. The zero-order chi connectivity index (χ0) is 61.2. The molecule has 0 saturated carbocycles. The van der Waals surface area contributed by atoms with Crippen molar-refractivity contribution in [1.82, 2.24) is 0 Å². The van der Waals surface area contributed by atoms with Gasteiger partial charge in [-0.3, -0.25) is 56.5 Å². The van der Waals surface area contributed by atoms with Crippen molar-refractivity contribution in [3.63, 3.8) is 0 Å². The summed E-state index contributed by atoms with van der Waals surface area (Å²) in [5, 5.41) is 34.7. The third-order valence-corrected chi connectivity index (χ3v) is 14.3. The molecule has 0 amide bonds. The van der Waals surface area contributed by atoms with E-state index < -0.39 is 168 Å². The Hall–Kier alpha value is -6.99. The number of hydrogen-bond acceptors (Lipinski definition) is 27. The number of phosphoric ester groups is 6. The van der Waals surface area contributed by atoms with E-state index >= 15 is 0 Å². The number of aliphatic imine (C=N–C) groups is 3. The molecule has 438 valence electrons. The summed E-state index contributed by atoms with van der Waals surface area (Å²) in [5.41, 5.74) is -9.41. The van der Waals surface area contributed by atoms with Crippen LogP contribution in [-0.2, 0) is 81.7 Å². The lowest BCUT2D eigenvalue weighted by Crippen LogP contribution is -2.11. The van der Waals surface area contributed by atoms with Crippen LogP contribution in [0, 0.1) is 0 Å². The molecule has 4 rings (SSSR count). The van der Waals surface area contributed by atoms with E-state index in [1.165, 1.54) is 0 Å². The summed E-state index contributed by atoms with van der Waals surface area (Å²) in [6.45, 7) is 0. The molecule has 36 nitrogen and oxygen atoms in total. The van der Waals surface area contributed by atoms with Crippen LogP contribution < -0.4 is 0 Å². The Kier molecular flexibility index (Phi) is 22.0. The average molecular weight is 1260 g/mol. The molecule has 0 radical (unpaired) electrons. The van der Waals surface area contributed by atoms with Gasteiger partial charge in [0.25, 0.3) is 0 Å². The Balaban J connectivity index is 2.10. The Morgan fingerprint density at radius 1 is 0.284 bits per heavy atom. The Labute approximate surface area is 452 Å². The highest BCUT2D eigenvalue weighted by Gasteiger charge is 2.33. The van der Waals surface area contributed by atoms with Crippen molar-refractivity contribution in [2.24, 2.45) is 15.0 Å². The molecule has 42 heteroatoms. The molecule has 4 aromatic rings. The number of phosphoric acid groups is 6. The van der Waals surface area contributed by atoms with Crippen molar-refractivity contribution in [2.45, 2.75) is 0 Å². The third kappa shape index (κ3) is 19.6. The van der Waals surface area contributed by atoms with Gasteiger partial charge in [0.1, 0.15) is 0 Å². The molecule has 9 N–H and O–H groups in total. The van der Waals surface area contributed by atoms with Gasteiger partial charge in [-0.05, 0) is 72.8 Å². The normalized spacial score (nSPS) is 16.5. The highest BCUT2D eigenvalue weighted by Crippen LogP contribution is 2.47. The van der Waals surface area contributed by atoms with Gasteiger partial charge >= 0.3 is 82.8 Å². The zero-order valence-corrected chi connectivity index (χ0v) is 46.6. The van der Waals surface area contributed by atoms with E-state index in [1.54, 1.807) is 0 Å². The van der Waals surface area contributed by atoms with Crippen molar-refractivity contribution in [1.29, 1.82) is 0 Å². The quantitative estimate of drug-likeness (QED) is 0.0220. The maximum Gasteiger partial charge on any atom is 0.529 e. The molecule has 0 heterocycles. The first-order valence-corrected chi connectivity index (χ1v) is 29.5. The summed E-state index contributed by atoms with van der Waals surface area (Å²) < 4.78 is 124. The minimum absolute atomic E-state index is 0.591. The fraction of sp³-hybridized carbons (Fsp3) is 0.154. The van der Waals surface area contributed by atoms with E-state index in [1.807, 2.05) is 0 Å². The van der Waals surface area contributed by atoms with Crippen molar-refractivity contribution in [2.75, 3.05) is 42.7 Å². The van der Waals surface area contributed by atoms with Gasteiger partial charge in [-0.2, -0.15) is 0 Å². The SMILES string of the molecule is COP(=O)(O)OC(=O)c1cc(N=C(O)c2cc(C(O)=Nc3cc(C(=O)OP(=O)(O)OC)cc(C(=O)OP(=O)(O)OC)c3)cc(C(O)=Nc3cc(C(=O)OP(=O)(O)OC)cc(C(=O)OP(=O)(O)OC)c3)c2)cc(C(=O)OP(=O)(O)OC)c1. The van der Waals surface area contributed by atoms with Gasteiger partial charge in [0.2, 0.25) is 17.7 Å². The van der Waals surface area contributed by atoms with Crippen LogP contribution in [0.5, 0.6) is 0 Å². The van der Waals surface area contributed by atoms with E-state index in [-0.39, 0.29) is 0 Å². The van der Waals surface area contributed by atoms with Crippen LogP contribution in [0.4, 0.5) is 17.1 Å². The first-order chi connectivity index (χ1) is 37.4. The first-order valence-electron chi connectivity index (χ1n) is 20.6. The number of hydrogen-bond donors (Lipinski definition) is 9. The molecule has 0 saturated heterocycles. The Morgan fingerprint density at radius 2 is 0.420 bits per heavy atom. The lowest BCUT2D eigenvalue weighted by atomic mass is 10.0. The average Bonchev–Trinajstić information content (AvgIpc) is 3.42. The number of aliphatic hydroxyl groups excluding tert-OH is 3. The molecule has 4 aromatic carbocycles. The standard InChI is InChI=1S/C39H39N3O33P6/c1-64-76(52,53)70-34(46)22-10-23(35(47)71-77(54,55)65-2)14-28(13-22)40-31(43)19-7-20(32(44)41-29-15-24(36(48)72-78(56,57)66-3)11-25(16-29)37(49)73-79(58,59)67-4)9-21(8-19)33(45)42-30-17-26(38(50)74-80(60,61)68-5)12-27(18-30)39(51)75-81(62,63)69-6/h7-18H,1-6H3,(H,40,43)(H,41,44)(H,42,45)(H,52,53)(H,54,55)(H,56,57)(H,58,59)(H,60,61)(H,62,63). The number of benzene rings is 4. The van der Waals surface area contributed by atoms with Crippen molar-refractivity contribution < 1.29 is 155 Å². The third-order valence-electron chi connectivity index (χ3n) is 9.15. The molecule has 0 aromatic heterocycles. The maximum atomic E-state index is 13.0. The van der Waals surface area contributed by atoms with Crippen LogP contribution in [0.25, 0.3) is 0 Å². The van der Waals surface area contributed by atoms with E-state index in [0.29, 0.717) is 97.3 Å². The second-order valence-corrected chi connectivity index (χ2v) is 23.5. The van der Waals surface area contributed by atoms with Gasteiger partial charge in [-0.1, -0.05) is 0 Å². The van der Waals surface area contributed by atoms with Crippen molar-refractivity contribution in [3.05, 3.63) is 123 Å². The van der Waals surface area contributed by atoms with Crippen LogP contribution in [0.3, 0.4) is 0 Å². The molecule has 6 atom stereocenters. The van der Waals surface area contributed by atoms with Crippen LogP contribution in [-0.4, -0.2) is 141 Å². The molecule has 0 fully saturated rings. The molecular formula is C39H39N3O33P6. The number of nitrogens with zero attached hydrogens (tertiary/aromatic N) is 3. The molecule has 0 aliphatic carbocycles. The topological polar surface area (TPSA) is 535 Å². The fourth-order valence-corrected chi connectivity index (χ4v) is 7.82.